The largest absolute Gasteiger partial charge is 0.497 e. The normalized spacial score (nSPS) is 10.5. The zero-order chi connectivity index (χ0) is 17.1. The third-order valence-corrected chi connectivity index (χ3v) is 3.76. The molecule has 0 saturated carbocycles. The summed E-state index contributed by atoms with van der Waals surface area (Å²) in [6.45, 7) is 0. The maximum Gasteiger partial charge on any atom is 0.257 e. The molecule has 0 bridgehead atoms. The van der Waals surface area contributed by atoms with Crippen LogP contribution in [0.4, 0.5) is 5.69 Å². The van der Waals surface area contributed by atoms with Gasteiger partial charge in [-0.2, -0.15) is 0 Å². The minimum atomic E-state index is -0.221. The van der Waals surface area contributed by atoms with Crippen LogP contribution in [-0.4, -0.2) is 32.2 Å². The molecule has 1 heterocycles. The predicted octanol–water partition coefficient (Wildman–Crippen LogP) is 3.45. The number of hydrogen-bond acceptors (Lipinski definition) is 4. The van der Waals surface area contributed by atoms with Gasteiger partial charge in [-0.1, -0.05) is 6.07 Å². The summed E-state index contributed by atoms with van der Waals surface area (Å²) < 4.78 is 15.8. The topological polar surface area (TPSA) is 72.6 Å². The first-order valence-electron chi connectivity index (χ1n) is 7.34. The zero-order valence-corrected chi connectivity index (χ0v) is 13.7. The van der Waals surface area contributed by atoms with Gasteiger partial charge in [0.2, 0.25) is 0 Å². The van der Waals surface area contributed by atoms with Crippen molar-refractivity contribution in [2.24, 2.45) is 0 Å². The molecule has 6 nitrogen and oxygen atoms in total. The Balaban J connectivity index is 1.94. The monoisotopic (exact) mass is 326 g/mol. The third kappa shape index (κ3) is 2.86. The number of nitrogens with one attached hydrogen (secondary N) is 2. The number of methoxy groups -OCH3 is 3. The van der Waals surface area contributed by atoms with Crippen molar-refractivity contribution in [1.29, 1.82) is 0 Å². The van der Waals surface area contributed by atoms with Gasteiger partial charge < -0.3 is 24.5 Å². The van der Waals surface area contributed by atoms with Crippen molar-refractivity contribution in [2.45, 2.75) is 0 Å². The summed E-state index contributed by atoms with van der Waals surface area (Å²) in [6.07, 6.45) is 1.67. The predicted molar refractivity (Wildman–Crippen MR) is 92.3 cm³/mol. The van der Waals surface area contributed by atoms with Crippen LogP contribution in [0.1, 0.15) is 10.4 Å². The first kappa shape index (κ1) is 15.7. The fourth-order valence-corrected chi connectivity index (χ4v) is 2.54. The van der Waals surface area contributed by atoms with Crippen LogP contribution in [0.15, 0.2) is 42.6 Å². The van der Waals surface area contributed by atoms with E-state index in [1.807, 2.05) is 12.1 Å². The van der Waals surface area contributed by atoms with E-state index in [0.29, 0.717) is 28.5 Å². The van der Waals surface area contributed by atoms with Gasteiger partial charge in [0.1, 0.15) is 5.75 Å². The molecular weight excluding hydrogens is 308 g/mol. The van der Waals surface area contributed by atoms with Gasteiger partial charge in [0, 0.05) is 29.4 Å². The van der Waals surface area contributed by atoms with Crippen molar-refractivity contribution in [3.63, 3.8) is 0 Å². The van der Waals surface area contributed by atoms with Gasteiger partial charge in [-0.15, -0.1) is 0 Å². The van der Waals surface area contributed by atoms with Gasteiger partial charge in [-0.25, -0.2) is 0 Å². The number of carbonyl (C=O) groups is 1. The summed E-state index contributed by atoms with van der Waals surface area (Å²) in [6, 6.07) is 10.8. The average molecular weight is 326 g/mol. The zero-order valence-electron chi connectivity index (χ0n) is 13.7. The van der Waals surface area contributed by atoms with Gasteiger partial charge >= 0.3 is 0 Å². The van der Waals surface area contributed by atoms with Crippen LogP contribution >= 0.6 is 0 Å². The number of aromatic amines is 1. The number of hydrogen-bond donors (Lipinski definition) is 2. The average Bonchev–Trinajstić information content (AvgIpc) is 3.03. The van der Waals surface area contributed by atoms with E-state index in [-0.39, 0.29) is 5.91 Å². The van der Waals surface area contributed by atoms with Gasteiger partial charge in [0.05, 0.1) is 32.4 Å². The number of aromatic nitrogens is 1. The smallest absolute Gasteiger partial charge is 0.257 e. The second-order valence-corrected chi connectivity index (χ2v) is 5.14. The van der Waals surface area contributed by atoms with Crippen LogP contribution in [-0.2, 0) is 0 Å². The molecule has 2 aromatic carbocycles. The Labute approximate surface area is 139 Å². The van der Waals surface area contributed by atoms with Crippen molar-refractivity contribution in [2.75, 3.05) is 26.6 Å². The molecular formula is C18H18N2O4. The highest BCUT2D eigenvalue weighted by atomic mass is 16.5. The van der Waals surface area contributed by atoms with Crippen molar-refractivity contribution < 1.29 is 19.0 Å². The van der Waals surface area contributed by atoms with Crippen molar-refractivity contribution in [3.8, 4) is 17.2 Å². The molecule has 24 heavy (non-hydrogen) atoms. The van der Waals surface area contributed by atoms with Gasteiger partial charge in [0.15, 0.2) is 11.5 Å². The van der Waals surface area contributed by atoms with Crippen molar-refractivity contribution in [3.05, 3.63) is 48.2 Å². The highest BCUT2D eigenvalue weighted by Gasteiger charge is 2.16. The maximum absolute atomic E-state index is 12.6. The highest BCUT2D eigenvalue weighted by Crippen LogP contribution is 2.33. The quantitative estimate of drug-likeness (QED) is 0.753. The molecule has 0 aliphatic carbocycles. The van der Waals surface area contributed by atoms with Crippen LogP contribution in [0.5, 0.6) is 17.2 Å². The Morgan fingerprint density at radius 2 is 1.75 bits per heavy atom. The Bertz CT molecular complexity index is 886. The molecule has 6 heteroatoms. The summed E-state index contributed by atoms with van der Waals surface area (Å²) >= 11 is 0. The Kier molecular flexibility index (Phi) is 4.29. The van der Waals surface area contributed by atoms with E-state index in [9.17, 15) is 4.79 Å². The highest BCUT2D eigenvalue weighted by molar-refractivity contribution is 6.13. The first-order chi connectivity index (χ1) is 11.7. The van der Waals surface area contributed by atoms with E-state index >= 15 is 0 Å². The second-order valence-electron chi connectivity index (χ2n) is 5.14. The molecule has 0 aliphatic heterocycles. The molecule has 2 N–H and O–H groups in total. The maximum atomic E-state index is 12.6. The lowest BCUT2D eigenvalue weighted by atomic mass is 10.1. The van der Waals surface area contributed by atoms with E-state index in [1.54, 1.807) is 51.8 Å². The molecule has 0 fully saturated rings. The van der Waals surface area contributed by atoms with Crippen LogP contribution in [0.25, 0.3) is 10.9 Å². The van der Waals surface area contributed by atoms with Gasteiger partial charge in [-0.3, -0.25) is 4.79 Å². The first-order valence-corrected chi connectivity index (χ1v) is 7.34. The lowest BCUT2D eigenvalue weighted by molar-refractivity contribution is 0.102. The SMILES string of the molecule is COc1cccc(NC(=O)c2c[nH]c3cc(OC)c(OC)cc23)c1. The molecule has 1 aromatic heterocycles. The van der Waals surface area contributed by atoms with E-state index in [2.05, 4.69) is 10.3 Å². The Morgan fingerprint density at radius 1 is 1.00 bits per heavy atom. The number of H-pyrrole nitrogens is 1. The fraction of sp³-hybridized carbons (Fsp3) is 0.167. The number of benzene rings is 2. The molecule has 124 valence electrons. The molecule has 3 aromatic rings. The number of rotatable bonds is 5. The van der Waals surface area contributed by atoms with E-state index in [1.165, 1.54) is 0 Å². The summed E-state index contributed by atoms with van der Waals surface area (Å²) in [7, 11) is 4.72. The molecule has 3 rings (SSSR count). The number of ether oxygens (including phenoxy) is 3. The number of carbonyl (C=O) groups excluding carboxylic acids is 1. The summed E-state index contributed by atoms with van der Waals surface area (Å²) in [5.41, 5.74) is 1.98. The lowest BCUT2D eigenvalue weighted by Gasteiger charge is -2.09. The minimum absolute atomic E-state index is 0.221. The van der Waals surface area contributed by atoms with Crippen molar-refractivity contribution in [1.82, 2.24) is 4.98 Å². The number of fused-ring (bicyclic) bond motifs is 1. The number of amides is 1. The third-order valence-electron chi connectivity index (χ3n) is 3.76. The van der Waals surface area contributed by atoms with Crippen molar-refractivity contribution >= 4 is 22.5 Å². The minimum Gasteiger partial charge on any atom is -0.497 e. The Hall–Kier alpha value is -3.15. The van der Waals surface area contributed by atoms with E-state index in [0.717, 1.165) is 10.9 Å². The molecule has 1 amide bonds. The fourth-order valence-electron chi connectivity index (χ4n) is 2.54. The lowest BCUT2D eigenvalue weighted by Crippen LogP contribution is -2.11. The standard InChI is InChI=1S/C18H18N2O4/c1-22-12-6-4-5-11(7-12)20-18(21)14-10-19-15-9-17(24-3)16(23-2)8-13(14)15/h4-10,19H,1-3H3,(H,20,21). The van der Waals surface area contributed by atoms with Crippen LogP contribution < -0.4 is 19.5 Å². The molecule has 0 radical (unpaired) electrons. The summed E-state index contributed by atoms with van der Waals surface area (Å²) in [4.78, 5) is 15.7. The summed E-state index contributed by atoms with van der Waals surface area (Å²) in [5.74, 6) is 1.63. The second kappa shape index (κ2) is 6.54. The number of anilines is 1. The van der Waals surface area contributed by atoms with Crippen LogP contribution in [0, 0.1) is 0 Å². The molecule has 0 atom stereocenters. The molecule has 0 spiro atoms. The van der Waals surface area contributed by atoms with Gasteiger partial charge in [-0.05, 0) is 18.2 Å². The molecule has 0 unspecified atom stereocenters. The van der Waals surface area contributed by atoms with Crippen LogP contribution in [0.2, 0.25) is 0 Å². The van der Waals surface area contributed by atoms with Gasteiger partial charge in [0.25, 0.3) is 5.91 Å². The van der Waals surface area contributed by atoms with E-state index < -0.39 is 0 Å². The van der Waals surface area contributed by atoms with E-state index in [4.69, 9.17) is 14.2 Å². The Morgan fingerprint density at radius 3 is 2.46 bits per heavy atom. The molecule has 0 saturated heterocycles. The molecule has 0 aliphatic rings. The summed E-state index contributed by atoms with van der Waals surface area (Å²) in [5, 5.41) is 3.62. The van der Waals surface area contributed by atoms with Crippen LogP contribution in [0.3, 0.4) is 0 Å².